The molecule has 5 rings (SSSR count). The van der Waals surface area contributed by atoms with Crippen LogP contribution in [0.25, 0.3) is 0 Å². The van der Waals surface area contributed by atoms with Gasteiger partial charge in [0.2, 0.25) is 0 Å². The van der Waals surface area contributed by atoms with Crippen molar-refractivity contribution < 1.29 is 5.11 Å². The van der Waals surface area contributed by atoms with Crippen molar-refractivity contribution in [2.75, 3.05) is 13.1 Å². The molecule has 3 N–H and O–H groups in total. The highest BCUT2D eigenvalue weighted by molar-refractivity contribution is 5.43. The van der Waals surface area contributed by atoms with Crippen LogP contribution in [0.1, 0.15) is 53.1 Å². The highest BCUT2D eigenvalue weighted by Crippen LogP contribution is 2.53. The van der Waals surface area contributed by atoms with Crippen molar-refractivity contribution in [2.45, 2.75) is 50.1 Å². The normalized spacial score (nSPS) is 19.4. The van der Waals surface area contributed by atoms with Crippen LogP contribution in [0.3, 0.4) is 0 Å². The largest absolute Gasteiger partial charge is 0.508 e. The Balaban J connectivity index is 1.33. The smallest absolute Gasteiger partial charge is 0.115 e. The summed E-state index contributed by atoms with van der Waals surface area (Å²) in [6, 6.07) is 19.4. The molecule has 1 unspecified atom stereocenters. The molecule has 4 heteroatoms. The molecule has 2 aromatic carbocycles. The Morgan fingerprint density at radius 1 is 1.06 bits per heavy atom. The lowest BCUT2D eigenvalue weighted by atomic mass is 9.58. The van der Waals surface area contributed by atoms with Crippen molar-refractivity contribution in [3.8, 4) is 5.75 Å². The molecule has 3 aromatic rings. The maximum Gasteiger partial charge on any atom is 0.115 e. The summed E-state index contributed by atoms with van der Waals surface area (Å²) in [5.41, 5.74) is 7.04. The predicted molar refractivity (Wildman–Crippen MR) is 124 cm³/mol. The fourth-order valence-corrected chi connectivity index (χ4v) is 5.31. The van der Waals surface area contributed by atoms with E-state index in [0.29, 0.717) is 11.8 Å². The first kappa shape index (κ1) is 20.2. The van der Waals surface area contributed by atoms with Crippen LogP contribution in [0.15, 0.2) is 67.0 Å². The molecule has 0 bridgehead atoms. The molecule has 4 nitrogen and oxygen atoms in total. The van der Waals surface area contributed by atoms with E-state index in [9.17, 15) is 5.11 Å². The van der Waals surface area contributed by atoms with Crippen LogP contribution in [0.5, 0.6) is 5.75 Å². The van der Waals surface area contributed by atoms with Crippen LogP contribution in [0.4, 0.5) is 0 Å². The van der Waals surface area contributed by atoms with E-state index in [1.165, 1.54) is 47.1 Å². The summed E-state index contributed by atoms with van der Waals surface area (Å²) in [5, 5.41) is 17.2. The molecule has 0 saturated heterocycles. The summed E-state index contributed by atoms with van der Waals surface area (Å²) < 4.78 is 0. The van der Waals surface area contributed by atoms with E-state index in [1.807, 2.05) is 30.6 Å². The minimum Gasteiger partial charge on any atom is -0.508 e. The zero-order chi connectivity index (χ0) is 21.1. The molecule has 31 heavy (non-hydrogen) atoms. The molecule has 1 aromatic heterocycles. The lowest BCUT2D eigenvalue weighted by Gasteiger charge is -2.50. The quantitative estimate of drug-likeness (QED) is 0.502. The van der Waals surface area contributed by atoms with Crippen LogP contribution in [0, 0.1) is 0 Å². The Labute approximate surface area is 184 Å². The van der Waals surface area contributed by atoms with Gasteiger partial charge in [-0.3, -0.25) is 4.98 Å². The number of hydrogen-bond donors (Lipinski definition) is 3. The first-order chi connectivity index (χ1) is 15.2. The van der Waals surface area contributed by atoms with E-state index >= 15 is 0 Å². The molecule has 2 heterocycles. The molecule has 2 aliphatic rings. The van der Waals surface area contributed by atoms with E-state index in [4.69, 9.17) is 0 Å². The molecular weight excluding hydrogens is 382 g/mol. The average Bonchev–Trinajstić information content (AvgIpc) is 2.78. The van der Waals surface area contributed by atoms with Crippen molar-refractivity contribution in [1.29, 1.82) is 0 Å². The van der Waals surface area contributed by atoms with E-state index < -0.39 is 0 Å². The van der Waals surface area contributed by atoms with Gasteiger partial charge < -0.3 is 15.7 Å². The van der Waals surface area contributed by atoms with E-state index in [0.717, 1.165) is 32.5 Å². The van der Waals surface area contributed by atoms with Gasteiger partial charge in [-0.15, -0.1) is 0 Å². The number of hydrogen-bond acceptors (Lipinski definition) is 4. The molecule has 1 saturated carbocycles. The van der Waals surface area contributed by atoms with Gasteiger partial charge in [-0.2, -0.15) is 0 Å². The van der Waals surface area contributed by atoms with Crippen molar-refractivity contribution in [1.82, 2.24) is 15.6 Å². The number of nitrogens with zero attached hydrogens (tertiary/aromatic N) is 1. The topological polar surface area (TPSA) is 57.2 Å². The Morgan fingerprint density at radius 2 is 1.94 bits per heavy atom. The van der Waals surface area contributed by atoms with Gasteiger partial charge in [-0.05, 0) is 84.8 Å². The molecule has 1 aliphatic carbocycles. The average molecular weight is 414 g/mol. The number of fused-ring (bicyclic) bond motifs is 1. The Morgan fingerprint density at radius 3 is 2.68 bits per heavy atom. The number of pyridine rings is 1. The highest BCUT2D eigenvalue weighted by Gasteiger charge is 2.47. The number of aromatic hydroxyl groups is 1. The van der Waals surface area contributed by atoms with E-state index in [2.05, 4.69) is 52.0 Å². The molecular formula is C27H31N3O. The second-order valence-corrected chi connectivity index (χ2v) is 9.01. The number of nitrogens with one attached hydrogen (secondary N) is 2. The number of phenolic OH excluding ortho intramolecular Hbond substituents is 1. The second-order valence-electron chi connectivity index (χ2n) is 9.01. The number of phenols is 1. The van der Waals surface area contributed by atoms with Crippen LogP contribution < -0.4 is 10.6 Å². The number of aromatic nitrogens is 1. The summed E-state index contributed by atoms with van der Waals surface area (Å²) in [6.07, 6.45) is 9.51. The van der Waals surface area contributed by atoms with E-state index in [-0.39, 0.29) is 5.41 Å². The summed E-state index contributed by atoms with van der Waals surface area (Å²) in [7, 11) is 0. The van der Waals surface area contributed by atoms with Gasteiger partial charge in [0.25, 0.3) is 0 Å². The minimum absolute atomic E-state index is 0.134. The van der Waals surface area contributed by atoms with Crippen molar-refractivity contribution in [3.63, 3.8) is 0 Å². The molecule has 0 radical (unpaired) electrons. The fourth-order valence-electron chi connectivity index (χ4n) is 5.31. The molecule has 160 valence electrons. The maximum atomic E-state index is 9.77. The predicted octanol–water partition coefficient (Wildman–Crippen LogP) is 4.43. The van der Waals surface area contributed by atoms with Gasteiger partial charge in [-0.1, -0.05) is 42.8 Å². The van der Waals surface area contributed by atoms with E-state index in [1.54, 1.807) is 0 Å². The molecule has 0 spiro atoms. The van der Waals surface area contributed by atoms with Gasteiger partial charge in [0.05, 0.1) is 0 Å². The Hall–Kier alpha value is -2.69. The zero-order valence-corrected chi connectivity index (χ0v) is 18.0. The third kappa shape index (κ3) is 4.10. The number of rotatable bonds is 7. The first-order valence-electron chi connectivity index (χ1n) is 11.5. The van der Waals surface area contributed by atoms with Gasteiger partial charge >= 0.3 is 0 Å². The van der Waals surface area contributed by atoms with Gasteiger partial charge in [0, 0.05) is 30.4 Å². The van der Waals surface area contributed by atoms with Crippen LogP contribution in [-0.2, 0) is 24.8 Å². The van der Waals surface area contributed by atoms with Crippen molar-refractivity contribution >= 4 is 0 Å². The third-order valence-corrected chi connectivity index (χ3v) is 7.15. The molecule has 1 aliphatic heterocycles. The van der Waals surface area contributed by atoms with Crippen molar-refractivity contribution in [3.05, 3.63) is 94.8 Å². The maximum absolute atomic E-state index is 9.77. The van der Waals surface area contributed by atoms with Gasteiger partial charge in [0.1, 0.15) is 5.75 Å². The molecule has 1 fully saturated rings. The molecule has 0 amide bonds. The van der Waals surface area contributed by atoms with Crippen LogP contribution in [0.2, 0.25) is 0 Å². The zero-order valence-electron chi connectivity index (χ0n) is 18.0. The Bertz CT molecular complexity index is 1010. The lowest BCUT2D eigenvalue weighted by Crippen LogP contribution is -2.49. The highest BCUT2D eigenvalue weighted by atomic mass is 16.3. The second kappa shape index (κ2) is 8.81. The molecule has 1 atom stereocenters. The number of benzene rings is 2. The minimum atomic E-state index is 0.134. The summed E-state index contributed by atoms with van der Waals surface area (Å²) >= 11 is 0. The Kier molecular flexibility index (Phi) is 5.75. The third-order valence-electron chi connectivity index (χ3n) is 7.15. The fraction of sp³-hybridized carbons (Fsp3) is 0.370. The van der Waals surface area contributed by atoms with Crippen LogP contribution >= 0.6 is 0 Å². The van der Waals surface area contributed by atoms with Gasteiger partial charge in [-0.25, -0.2) is 0 Å². The summed E-state index contributed by atoms with van der Waals surface area (Å²) in [6.45, 7) is 2.86. The monoisotopic (exact) mass is 413 g/mol. The van der Waals surface area contributed by atoms with Gasteiger partial charge in [0.15, 0.2) is 0 Å². The lowest BCUT2D eigenvalue weighted by molar-refractivity contribution is 0.164. The standard InChI is InChI=1S/C27H31N3O/c31-24-8-6-23(7-9-24)27(12-2-13-27)26-25-17-21(4-5-22(25)11-16-30-26)19-29-15-10-20-3-1-14-28-18-20/h1,3-9,14,17-18,26,29-31H,2,10-13,15-16,19H2. The SMILES string of the molecule is Oc1ccc(C2(C3NCCc4ccc(CNCCc5cccnc5)cc43)CCC2)cc1. The van der Waals surface area contributed by atoms with Crippen molar-refractivity contribution in [2.24, 2.45) is 0 Å². The summed E-state index contributed by atoms with van der Waals surface area (Å²) in [5.74, 6) is 0.342. The van der Waals surface area contributed by atoms with Crippen LogP contribution in [-0.4, -0.2) is 23.2 Å². The first-order valence-corrected chi connectivity index (χ1v) is 11.5. The summed E-state index contributed by atoms with van der Waals surface area (Å²) in [4.78, 5) is 4.20.